The molecule has 7 nitrogen and oxygen atoms in total. The maximum atomic E-state index is 12.8. The molecule has 9 heteroatoms. The number of carbonyl (C=O) groups is 2. The van der Waals surface area contributed by atoms with Crippen LogP contribution in [-0.4, -0.2) is 33.2 Å². The van der Waals surface area contributed by atoms with E-state index in [9.17, 15) is 9.59 Å². The molecule has 1 aromatic carbocycles. The van der Waals surface area contributed by atoms with Crippen LogP contribution in [0.2, 0.25) is 0 Å². The number of benzene rings is 1. The van der Waals surface area contributed by atoms with Gasteiger partial charge in [-0.2, -0.15) is 5.10 Å². The Morgan fingerprint density at radius 1 is 1.25 bits per heavy atom. The summed E-state index contributed by atoms with van der Waals surface area (Å²) in [7, 11) is 0. The van der Waals surface area contributed by atoms with Gasteiger partial charge in [-0.25, -0.2) is 9.67 Å². The Morgan fingerprint density at radius 3 is 2.64 bits per heavy atom. The third-order valence-electron chi connectivity index (χ3n) is 3.99. The van der Waals surface area contributed by atoms with Gasteiger partial charge in [0.25, 0.3) is 5.91 Å². The van der Waals surface area contributed by atoms with Crippen molar-refractivity contribution in [2.24, 2.45) is 0 Å². The van der Waals surface area contributed by atoms with Crippen molar-refractivity contribution in [3.8, 4) is 5.69 Å². The molecule has 0 saturated carbocycles. The van der Waals surface area contributed by atoms with Crippen LogP contribution >= 0.6 is 27.3 Å². The van der Waals surface area contributed by atoms with Crippen LogP contribution in [0, 0.1) is 13.8 Å². The number of nitrogens with one attached hydrogen (secondary N) is 1. The number of carbonyl (C=O) groups excluding carboxylic acids is 2. The van der Waals surface area contributed by atoms with Crippen molar-refractivity contribution in [1.82, 2.24) is 14.8 Å². The number of esters is 1. The maximum absolute atomic E-state index is 12.8. The minimum Gasteiger partial charge on any atom is -0.466 e. The maximum Gasteiger partial charge on any atom is 0.311 e. The van der Waals surface area contributed by atoms with E-state index in [2.05, 4.69) is 31.3 Å². The molecule has 0 unspecified atom stereocenters. The number of aryl methyl sites for hydroxylation is 1. The zero-order valence-corrected chi connectivity index (χ0v) is 18.1. The van der Waals surface area contributed by atoms with Crippen molar-refractivity contribution in [3.05, 3.63) is 56.8 Å². The number of aromatic nitrogens is 3. The Kier molecular flexibility index (Phi) is 6.25. The second-order valence-electron chi connectivity index (χ2n) is 6.01. The molecule has 0 spiro atoms. The van der Waals surface area contributed by atoms with Crippen LogP contribution in [0.3, 0.4) is 0 Å². The minimum atomic E-state index is -0.340. The molecule has 1 N–H and O–H groups in total. The lowest BCUT2D eigenvalue weighted by Crippen LogP contribution is -2.14. The van der Waals surface area contributed by atoms with Crippen molar-refractivity contribution >= 4 is 44.3 Å². The summed E-state index contributed by atoms with van der Waals surface area (Å²) in [6.07, 6.45) is 0.0831. The van der Waals surface area contributed by atoms with E-state index in [1.54, 1.807) is 23.9 Å². The second kappa shape index (κ2) is 8.66. The third kappa shape index (κ3) is 4.48. The average molecular weight is 463 g/mol. The van der Waals surface area contributed by atoms with E-state index >= 15 is 0 Å². The molecule has 146 valence electrons. The summed E-state index contributed by atoms with van der Waals surface area (Å²) in [5.41, 5.74) is 3.30. The SMILES string of the molecule is CCOC(=O)Cc1csc(NC(=O)c2c(C)nn(-c3ccc(Br)cc3)c2C)n1. The van der Waals surface area contributed by atoms with Crippen LogP contribution in [-0.2, 0) is 16.0 Å². The van der Waals surface area contributed by atoms with Crippen molar-refractivity contribution in [2.75, 3.05) is 11.9 Å². The van der Waals surface area contributed by atoms with E-state index in [4.69, 9.17) is 4.74 Å². The molecule has 0 aliphatic heterocycles. The first kappa shape index (κ1) is 20.2. The lowest BCUT2D eigenvalue weighted by atomic mass is 10.2. The molecule has 1 amide bonds. The van der Waals surface area contributed by atoms with Gasteiger partial charge < -0.3 is 4.74 Å². The summed E-state index contributed by atoms with van der Waals surface area (Å²) >= 11 is 4.68. The molecule has 0 aliphatic carbocycles. The molecule has 3 aromatic rings. The van der Waals surface area contributed by atoms with Crippen LogP contribution < -0.4 is 5.32 Å². The number of rotatable bonds is 6. The minimum absolute atomic E-state index is 0.0831. The Labute approximate surface area is 174 Å². The molecule has 0 atom stereocenters. The van der Waals surface area contributed by atoms with Crippen LogP contribution in [0.1, 0.15) is 34.4 Å². The van der Waals surface area contributed by atoms with Gasteiger partial charge in [-0.15, -0.1) is 11.3 Å². The molecule has 3 rings (SSSR count). The monoisotopic (exact) mass is 462 g/mol. The van der Waals surface area contributed by atoms with Crippen molar-refractivity contribution in [2.45, 2.75) is 27.2 Å². The highest BCUT2D eigenvalue weighted by atomic mass is 79.9. The molecule has 28 heavy (non-hydrogen) atoms. The molecule has 2 aromatic heterocycles. The normalized spacial score (nSPS) is 10.7. The fraction of sp³-hybridized carbons (Fsp3) is 0.263. The molecular weight excluding hydrogens is 444 g/mol. The lowest BCUT2D eigenvalue weighted by Gasteiger charge is -2.05. The van der Waals surface area contributed by atoms with Crippen LogP contribution in [0.15, 0.2) is 34.1 Å². The Balaban J connectivity index is 1.77. The number of thiazole rings is 1. The average Bonchev–Trinajstić information content (AvgIpc) is 3.19. The number of anilines is 1. The van der Waals surface area contributed by atoms with Gasteiger partial charge in [0.05, 0.1) is 41.4 Å². The van der Waals surface area contributed by atoms with Crippen molar-refractivity contribution < 1.29 is 14.3 Å². The van der Waals surface area contributed by atoms with Gasteiger partial charge in [0.15, 0.2) is 5.13 Å². The molecule has 2 heterocycles. The topological polar surface area (TPSA) is 86.1 Å². The van der Waals surface area contributed by atoms with E-state index < -0.39 is 0 Å². The van der Waals surface area contributed by atoms with Crippen LogP contribution in [0.25, 0.3) is 5.69 Å². The van der Waals surface area contributed by atoms with Crippen molar-refractivity contribution in [3.63, 3.8) is 0 Å². The lowest BCUT2D eigenvalue weighted by molar-refractivity contribution is -0.142. The van der Waals surface area contributed by atoms with Crippen molar-refractivity contribution in [1.29, 1.82) is 0 Å². The van der Waals surface area contributed by atoms with Gasteiger partial charge in [0.1, 0.15) is 0 Å². The largest absolute Gasteiger partial charge is 0.466 e. The van der Waals surface area contributed by atoms with Gasteiger partial charge >= 0.3 is 5.97 Å². The summed E-state index contributed by atoms with van der Waals surface area (Å²) in [5, 5.41) is 9.46. The number of hydrogen-bond acceptors (Lipinski definition) is 6. The van der Waals surface area contributed by atoms with E-state index in [0.29, 0.717) is 28.7 Å². The number of halogens is 1. The van der Waals surface area contributed by atoms with Gasteiger partial charge in [-0.05, 0) is 45.0 Å². The fourth-order valence-corrected chi connectivity index (χ4v) is 3.74. The quantitative estimate of drug-likeness (QED) is 0.558. The molecule has 0 bridgehead atoms. The zero-order valence-electron chi connectivity index (χ0n) is 15.7. The molecule has 0 fully saturated rings. The Hall–Kier alpha value is -2.52. The predicted molar refractivity (Wildman–Crippen MR) is 111 cm³/mol. The fourth-order valence-electron chi connectivity index (χ4n) is 2.77. The van der Waals surface area contributed by atoms with E-state index in [1.165, 1.54) is 11.3 Å². The Morgan fingerprint density at radius 2 is 1.96 bits per heavy atom. The van der Waals surface area contributed by atoms with E-state index in [0.717, 1.165) is 15.9 Å². The summed E-state index contributed by atoms with van der Waals surface area (Å²) in [6, 6.07) is 7.69. The number of hydrogen-bond donors (Lipinski definition) is 1. The molecule has 0 radical (unpaired) electrons. The smallest absolute Gasteiger partial charge is 0.311 e. The highest BCUT2D eigenvalue weighted by Crippen LogP contribution is 2.22. The summed E-state index contributed by atoms with van der Waals surface area (Å²) < 4.78 is 7.62. The zero-order chi connectivity index (χ0) is 20.3. The number of ether oxygens (including phenoxy) is 1. The second-order valence-corrected chi connectivity index (χ2v) is 7.79. The highest BCUT2D eigenvalue weighted by Gasteiger charge is 2.20. The number of nitrogens with zero attached hydrogens (tertiary/aromatic N) is 3. The Bertz CT molecular complexity index is 1010. The van der Waals surface area contributed by atoms with E-state index in [-0.39, 0.29) is 18.3 Å². The first-order valence-electron chi connectivity index (χ1n) is 8.62. The summed E-state index contributed by atoms with van der Waals surface area (Å²) in [5.74, 6) is -0.622. The predicted octanol–water partition coefficient (Wildman–Crippen LogP) is 4.07. The third-order valence-corrected chi connectivity index (χ3v) is 5.33. The van der Waals surface area contributed by atoms with Gasteiger partial charge in [0, 0.05) is 9.85 Å². The standard InChI is InChI=1S/C19H19BrN4O3S/c1-4-27-16(25)9-14-10-28-19(21-14)22-18(26)17-11(2)23-24(12(17)3)15-7-5-13(20)6-8-15/h5-8,10H,4,9H2,1-3H3,(H,21,22,26). The van der Waals surface area contributed by atoms with E-state index in [1.807, 2.05) is 31.2 Å². The molecule has 0 saturated heterocycles. The molecule has 0 aliphatic rings. The summed E-state index contributed by atoms with van der Waals surface area (Å²) in [4.78, 5) is 28.6. The first-order valence-corrected chi connectivity index (χ1v) is 10.3. The van der Waals surface area contributed by atoms with Gasteiger partial charge in [-0.3, -0.25) is 14.9 Å². The van der Waals surface area contributed by atoms with Gasteiger partial charge in [0.2, 0.25) is 0 Å². The summed E-state index contributed by atoms with van der Waals surface area (Å²) in [6.45, 7) is 5.73. The number of amides is 1. The van der Waals surface area contributed by atoms with Crippen LogP contribution in [0.4, 0.5) is 5.13 Å². The highest BCUT2D eigenvalue weighted by molar-refractivity contribution is 9.10. The molecular formula is C19H19BrN4O3S. The van der Waals surface area contributed by atoms with Gasteiger partial charge in [-0.1, -0.05) is 15.9 Å². The van der Waals surface area contributed by atoms with Crippen LogP contribution in [0.5, 0.6) is 0 Å². The first-order chi connectivity index (χ1) is 13.4.